The number of hydrogen-bond acceptors (Lipinski definition) is 4. The van der Waals surface area contributed by atoms with Crippen LogP contribution in [0.2, 0.25) is 0 Å². The molecule has 3 rings (SSSR count). The lowest BCUT2D eigenvalue weighted by atomic mass is 10.1. The lowest BCUT2D eigenvalue weighted by molar-refractivity contribution is 0.181. The summed E-state index contributed by atoms with van der Waals surface area (Å²) in [6, 6.07) is 9.31. The minimum absolute atomic E-state index is 0.113. The van der Waals surface area contributed by atoms with Crippen LogP contribution in [0.15, 0.2) is 35.1 Å². The van der Waals surface area contributed by atoms with Crippen LogP contribution in [0.1, 0.15) is 25.2 Å². The van der Waals surface area contributed by atoms with E-state index in [2.05, 4.69) is 18.9 Å². The minimum atomic E-state index is -0.113. The quantitative estimate of drug-likeness (QED) is 0.748. The number of rotatable bonds is 6. The molecular weight excluding hydrogens is 318 g/mol. The molecular formula is C19H23N3O3. The van der Waals surface area contributed by atoms with Gasteiger partial charge in [-0.25, -0.2) is 9.50 Å². The molecule has 2 heterocycles. The van der Waals surface area contributed by atoms with Gasteiger partial charge < -0.3 is 9.47 Å². The Morgan fingerprint density at radius 1 is 1.20 bits per heavy atom. The van der Waals surface area contributed by atoms with Crippen LogP contribution in [0.3, 0.4) is 0 Å². The Kier molecular flexibility index (Phi) is 4.90. The number of H-pyrrole nitrogens is 1. The van der Waals surface area contributed by atoms with E-state index in [-0.39, 0.29) is 5.56 Å². The van der Waals surface area contributed by atoms with Gasteiger partial charge in [0.25, 0.3) is 5.56 Å². The molecule has 2 aromatic heterocycles. The number of nitrogens with one attached hydrogen (secondary N) is 1. The van der Waals surface area contributed by atoms with Crippen LogP contribution in [0.25, 0.3) is 16.8 Å². The van der Waals surface area contributed by atoms with Crippen molar-refractivity contribution in [2.75, 3.05) is 14.2 Å². The summed E-state index contributed by atoms with van der Waals surface area (Å²) in [4.78, 5) is 17.3. The zero-order valence-corrected chi connectivity index (χ0v) is 15.0. The van der Waals surface area contributed by atoms with Crippen molar-refractivity contribution in [2.24, 2.45) is 5.92 Å². The number of fused-ring (bicyclic) bond motifs is 1. The molecule has 0 spiro atoms. The van der Waals surface area contributed by atoms with Gasteiger partial charge in [-0.2, -0.15) is 0 Å². The zero-order valence-electron chi connectivity index (χ0n) is 15.0. The molecule has 1 aromatic carbocycles. The van der Waals surface area contributed by atoms with E-state index in [9.17, 15) is 4.79 Å². The molecule has 0 radical (unpaired) electrons. The topological polar surface area (TPSA) is 68.6 Å². The third-order valence-corrected chi connectivity index (χ3v) is 4.03. The van der Waals surface area contributed by atoms with Crippen LogP contribution in [-0.4, -0.2) is 28.8 Å². The summed E-state index contributed by atoms with van der Waals surface area (Å²) in [5.74, 6) is 1.21. The second-order valence-electron chi connectivity index (χ2n) is 6.47. The average molecular weight is 341 g/mol. The second-order valence-corrected chi connectivity index (χ2v) is 6.47. The Labute approximate surface area is 146 Å². The van der Waals surface area contributed by atoms with Crippen molar-refractivity contribution in [3.63, 3.8) is 0 Å². The summed E-state index contributed by atoms with van der Waals surface area (Å²) in [7, 11) is 3.26. The maximum atomic E-state index is 12.5. The Hall–Kier alpha value is -2.60. The normalized spacial score (nSPS) is 11.4. The lowest BCUT2D eigenvalue weighted by Crippen LogP contribution is -2.16. The molecule has 25 heavy (non-hydrogen) atoms. The second kappa shape index (κ2) is 7.11. The van der Waals surface area contributed by atoms with Gasteiger partial charge in [0, 0.05) is 24.4 Å². The van der Waals surface area contributed by atoms with E-state index in [1.807, 2.05) is 24.3 Å². The number of aromatic amines is 1. The van der Waals surface area contributed by atoms with Gasteiger partial charge in [-0.1, -0.05) is 26.0 Å². The highest BCUT2D eigenvalue weighted by Crippen LogP contribution is 2.29. The van der Waals surface area contributed by atoms with E-state index < -0.39 is 0 Å². The molecule has 1 N–H and O–H groups in total. The van der Waals surface area contributed by atoms with Gasteiger partial charge in [-0.3, -0.25) is 9.89 Å². The highest BCUT2D eigenvalue weighted by Gasteiger charge is 2.17. The van der Waals surface area contributed by atoms with Crippen molar-refractivity contribution in [1.82, 2.24) is 14.6 Å². The Morgan fingerprint density at radius 2 is 1.92 bits per heavy atom. The highest BCUT2D eigenvalue weighted by molar-refractivity contribution is 5.80. The molecule has 132 valence electrons. The van der Waals surface area contributed by atoms with Gasteiger partial charge in [0.15, 0.2) is 5.65 Å². The predicted octanol–water partition coefficient (Wildman–Crippen LogP) is 3.04. The summed E-state index contributed by atoms with van der Waals surface area (Å²) in [5, 5.41) is 3.13. The fourth-order valence-electron chi connectivity index (χ4n) is 2.96. The molecule has 6 nitrogen and oxygen atoms in total. The Bertz CT molecular complexity index is 923. The number of hydrogen-bond donors (Lipinski definition) is 1. The number of benzene rings is 1. The first-order valence-corrected chi connectivity index (χ1v) is 8.30. The third-order valence-electron chi connectivity index (χ3n) is 4.03. The standard InChI is InChI=1S/C19H23N3O3/c1-12(2)9-14-10-17(23)22-19(20-14)18(16(21-22)11-24-3)13-5-7-15(25-4)8-6-13/h5-8,10,12,21H,9,11H2,1-4H3. The van der Waals surface area contributed by atoms with Gasteiger partial charge in [0.05, 0.1) is 19.4 Å². The molecule has 0 fully saturated rings. The summed E-state index contributed by atoms with van der Waals surface area (Å²) >= 11 is 0. The fraction of sp³-hybridized carbons (Fsp3) is 0.368. The average Bonchev–Trinajstić information content (AvgIpc) is 2.93. The molecule has 0 aliphatic heterocycles. The molecule has 3 aromatic rings. The van der Waals surface area contributed by atoms with Crippen LogP contribution in [0.5, 0.6) is 5.75 Å². The van der Waals surface area contributed by atoms with E-state index in [0.717, 1.165) is 34.7 Å². The van der Waals surface area contributed by atoms with Crippen LogP contribution < -0.4 is 10.3 Å². The van der Waals surface area contributed by atoms with Crippen molar-refractivity contribution >= 4 is 5.65 Å². The van der Waals surface area contributed by atoms with Gasteiger partial charge in [0.1, 0.15) is 5.75 Å². The number of ether oxygens (including phenoxy) is 2. The monoisotopic (exact) mass is 341 g/mol. The molecule has 0 unspecified atom stereocenters. The van der Waals surface area contributed by atoms with Crippen LogP contribution in [0, 0.1) is 5.92 Å². The lowest BCUT2D eigenvalue weighted by Gasteiger charge is -2.06. The van der Waals surface area contributed by atoms with E-state index in [4.69, 9.17) is 14.5 Å². The first kappa shape index (κ1) is 17.2. The first-order valence-electron chi connectivity index (χ1n) is 8.30. The largest absolute Gasteiger partial charge is 0.497 e. The SMILES string of the molecule is COCc1[nH]n2c(=O)cc(CC(C)C)nc2c1-c1ccc(OC)cc1. The van der Waals surface area contributed by atoms with E-state index in [0.29, 0.717) is 18.2 Å². The van der Waals surface area contributed by atoms with Gasteiger partial charge in [0.2, 0.25) is 0 Å². The number of nitrogens with zero attached hydrogens (tertiary/aromatic N) is 2. The van der Waals surface area contributed by atoms with Crippen LogP contribution in [0.4, 0.5) is 0 Å². The number of methoxy groups -OCH3 is 2. The minimum Gasteiger partial charge on any atom is -0.497 e. The van der Waals surface area contributed by atoms with Crippen molar-refractivity contribution < 1.29 is 9.47 Å². The van der Waals surface area contributed by atoms with Crippen molar-refractivity contribution in [3.05, 3.63) is 52.1 Å². The highest BCUT2D eigenvalue weighted by atomic mass is 16.5. The van der Waals surface area contributed by atoms with Crippen molar-refractivity contribution in [3.8, 4) is 16.9 Å². The summed E-state index contributed by atoms with van der Waals surface area (Å²) in [6.45, 7) is 4.59. The smallest absolute Gasteiger partial charge is 0.272 e. The molecule has 0 saturated heterocycles. The molecule has 0 saturated carbocycles. The molecule has 0 atom stereocenters. The van der Waals surface area contributed by atoms with E-state index in [1.165, 1.54) is 4.52 Å². The summed E-state index contributed by atoms with van der Waals surface area (Å²) in [5.41, 5.74) is 3.97. The summed E-state index contributed by atoms with van der Waals surface area (Å²) in [6.07, 6.45) is 0.762. The molecule has 0 aliphatic rings. The number of aromatic nitrogens is 3. The Balaban J connectivity index is 2.23. The van der Waals surface area contributed by atoms with Crippen LogP contribution >= 0.6 is 0 Å². The molecule has 6 heteroatoms. The van der Waals surface area contributed by atoms with E-state index >= 15 is 0 Å². The first-order chi connectivity index (χ1) is 12.0. The maximum absolute atomic E-state index is 12.5. The molecule has 0 aliphatic carbocycles. The molecule has 0 bridgehead atoms. The predicted molar refractivity (Wildman–Crippen MR) is 97.1 cm³/mol. The van der Waals surface area contributed by atoms with Crippen molar-refractivity contribution in [2.45, 2.75) is 26.9 Å². The van der Waals surface area contributed by atoms with Gasteiger partial charge >= 0.3 is 0 Å². The van der Waals surface area contributed by atoms with Gasteiger partial charge in [-0.05, 0) is 30.0 Å². The van der Waals surface area contributed by atoms with Crippen LogP contribution in [-0.2, 0) is 17.8 Å². The summed E-state index contributed by atoms with van der Waals surface area (Å²) < 4.78 is 12.0. The Morgan fingerprint density at radius 3 is 2.52 bits per heavy atom. The van der Waals surface area contributed by atoms with Gasteiger partial charge in [-0.15, -0.1) is 0 Å². The van der Waals surface area contributed by atoms with Crippen molar-refractivity contribution in [1.29, 1.82) is 0 Å². The molecule has 0 amide bonds. The fourth-order valence-corrected chi connectivity index (χ4v) is 2.96. The zero-order chi connectivity index (χ0) is 18.0. The maximum Gasteiger partial charge on any atom is 0.272 e. The third kappa shape index (κ3) is 3.44. The van der Waals surface area contributed by atoms with E-state index in [1.54, 1.807) is 20.3 Å².